The number of hydrogen-bond acceptors (Lipinski definition) is 3. The van der Waals surface area contributed by atoms with Crippen LogP contribution in [0.1, 0.15) is 23.2 Å². The van der Waals surface area contributed by atoms with Crippen molar-refractivity contribution in [2.75, 3.05) is 25.5 Å². The maximum absolute atomic E-state index is 11.1. The first-order chi connectivity index (χ1) is 8.56. The Hall–Kier alpha value is -1.26. The molecule has 5 heteroatoms. The maximum atomic E-state index is 11.1. The Morgan fingerprint density at radius 3 is 2.94 bits per heavy atom. The van der Waals surface area contributed by atoms with Gasteiger partial charge in [0, 0.05) is 18.3 Å². The number of nitrogens with two attached hydrogens (primary N) is 1. The molecule has 0 aliphatic carbocycles. The van der Waals surface area contributed by atoms with Crippen molar-refractivity contribution in [1.82, 2.24) is 4.90 Å². The van der Waals surface area contributed by atoms with Crippen LogP contribution in [0, 0.1) is 0 Å². The number of halogens is 1. The van der Waals surface area contributed by atoms with Crippen molar-refractivity contribution in [3.8, 4) is 0 Å². The molecule has 1 fully saturated rings. The summed E-state index contributed by atoms with van der Waals surface area (Å²) >= 11 is 6.02. The Labute approximate surface area is 112 Å². The SMILES string of the molecule is CN1CCCC(Nc2ccc(C(N)=O)c(Cl)c2)C1. The number of nitrogens with one attached hydrogen (secondary N) is 1. The predicted molar refractivity (Wildman–Crippen MR) is 74.1 cm³/mol. The molecule has 0 radical (unpaired) electrons. The molecule has 1 saturated heterocycles. The van der Waals surface area contributed by atoms with Crippen molar-refractivity contribution in [3.63, 3.8) is 0 Å². The zero-order valence-electron chi connectivity index (χ0n) is 10.4. The zero-order chi connectivity index (χ0) is 13.1. The number of benzene rings is 1. The first kappa shape index (κ1) is 13.2. The van der Waals surface area contributed by atoms with Gasteiger partial charge >= 0.3 is 0 Å². The first-order valence-corrected chi connectivity index (χ1v) is 6.48. The Morgan fingerprint density at radius 2 is 2.33 bits per heavy atom. The summed E-state index contributed by atoms with van der Waals surface area (Å²) in [6, 6.07) is 5.70. The third-order valence-electron chi connectivity index (χ3n) is 3.23. The van der Waals surface area contributed by atoms with Crippen LogP contribution in [0.3, 0.4) is 0 Å². The standard InChI is InChI=1S/C13H18ClN3O/c1-17-6-2-3-10(8-17)16-9-4-5-11(13(15)18)12(14)7-9/h4-5,7,10,16H,2-3,6,8H2,1H3,(H2,15,18). The molecule has 0 bridgehead atoms. The lowest BCUT2D eigenvalue weighted by atomic mass is 10.1. The average Bonchev–Trinajstić information content (AvgIpc) is 2.28. The fourth-order valence-electron chi connectivity index (χ4n) is 2.32. The van der Waals surface area contributed by atoms with Gasteiger partial charge in [0.05, 0.1) is 10.6 Å². The number of carbonyl (C=O) groups is 1. The van der Waals surface area contributed by atoms with Crippen molar-refractivity contribution >= 4 is 23.2 Å². The summed E-state index contributed by atoms with van der Waals surface area (Å²) in [6.07, 6.45) is 2.35. The summed E-state index contributed by atoms with van der Waals surface area (Å²) in [5, 5.41) is 3.84. The molecule has 2 rings (SSSR count). The largest absolute Gasteiger partial charge is 0.381 e. The van der Waals surface area contributed by atoms with Crippen LogP contribution in [0.25, 0.3) is 0 Å². The monoisotopic (exact) mass is 267 g/mol. The number of carbonyl (C=O) groups excluding carboxylic acids is 1. The zero-order valence-corrected chi connectivity index (χ0v) is 11.2. The number of primary amides is 1. The van der Waals surface area contributed by atoms with Gasteiger partial charge in [-0.3, -0.25) is 4.79 Å². The van der Waals surface area contributed by atoms with Crippen molar-refractivity contribution in [3.05, 3.63) is 28.8 Å². The summed E-state index contributed by atoms with van der Waals surface area (Å²) in [5.74, 6) is -0.496. The minimum atomic E-state index is -0.496. The van der Waals surface area contributed by atoms with Gasteiger partial charge in [-0.15, -0.1) is 0 Å². The summed E-state index contributed by atoms with van der Waals surface area (Å²) < 4.78 is 0. The van der Waals surface area contributed by atoms with E-state index in [2.05, 4.69) is 17.3 Å². The maximum Gasteiger partial charge on any atom is 0.250 e. The van der Waals surface area contributed by atoms with Gasteiger partial charge in [-0.1, -0.05) is 11.6 Å². The molecule has 1 aliphatic heterocycles. The smallest absolute Gasteiger partial charge is 0.250 e. The molecule has 1 aromatic carbocycles. The van der Waals surface area contributed by atoms with Crippen LogP contribution in [-0.2, 0) is 0 Å². The summed E-state index contributed by atoms with van der Waals surface area (Å²) in [7, 11) is 2.12. The molecular weight excluding hydrogens is 250 g/mol. The molecule has 18 heavy (non-hydrogen) atoms. The number of amides is 1. The van der Waals surface area contributed by atoms with Crippen LogP contribution >= 0.6 is 11.6 Å². The van der Waals surface area contributed by atoms with Gasteiger partial charge < -0.3 is 16.0 Å². The van der Waals surface area contributed by atoms with Gasteiger partial charge in [-0.05, 0) is 44.6 Å². The number of likely N-dealkylation sites (N-methyl/N-ethyl adjacent to an activating group) is 1. The number of nitrogens with zero attached hydrogens (tertiary/aromatic N) is 1. The van der Waals surface area contributed by atoms with Crippen LogP contribution in [0.2, 0.25) is 5.02 Å². The lowest BCUT2D eigenvalue weighted by Gasteiger charge is -2.31. The van der Waals surface area contributed by atoms with Crippen LogP contribution < -0.4 is 11.1 Å². The number of piperidine rings is 1. The molecule has 1 aliphatic rings. The molecule has 1 amide bonds. The number of rotatable bonds is 3. The van der Waals surface area contributed by atoms with E-state index in [1.807, 2.05) is 6.07 Å². The van der Waals surface area contributed by atoms with Crippen LogP contribution in [0.5, 0.6) is 0 Å². The second-order valence-electron chi connectivity index (χ2n) is 4.80. The molecule has 0 aromatic heterocycles. The Morgan fingerprint density at radius 1 is 1.56 bits per heavy atom. The van der Waals surface area contributed by atoms with Gasteiger partial charge in [0.1, 0.15) is 0 Å². The average molecular weight is 268 g/mol. The predicted octanol–water partition coefficient (Wildman–Crippen LogP) is 1.94. The second kappa shape index (κ2) is 5.59. The van der Waals surface area contributed by atoms with E-state index >= 15 is 0 Å². The van der Waals surface area contributed by atoms with E-state index in [9.17, 15) is 4.79 Å². The van der Waals surface area contributed by atoms with Crippen LogP contribution in [0.15, 0.2) is 18.2 Å². The number of likely N-dealkylation sites (tertiary alicyclic amines) is 1. The van der Waals surface area contributed by atoms with Crippen molar-refractivity contribution in [2.24, 2.45) is 5.73 Å². The van der Waals surface area contributed by atoms with Gasteiger partial charge in [0.25, 0.3) is 0 Å². The molecule has 3 N–H and O–H groups in total. The fourth-order valence-corrected chi connectivity index (χ4v) is 2.60. The highest BCUT2D eigenvalue weighted by Gasteiger charge is 2.17. The van der Waals surface area contributed by atoms with Crippen molar-refractivity contribution in [1.29, 1.82) is 0 Å². The molecule has 98 valence electrons. The Bertz CT molecular complexity index is 450. The van der Waals surface area contributed by atoms with Gasteiger partial charge in [0.2, 0.25) is 5.91 Å². The van der Waals surface area contributed by atoms with Gasteiger partial charge in [-0.25, -0.2) is 0 Å². The van der Waals surface area contributed by atoms with Crippen LogP contribution in [0.4, 0.5) is 5.69 Å². The minimum absolute atomic E-state index is 0.364. The van der Waals surface area contributed by atoms with Gasteiger partial charge in [-0.2, -0.15) is 0 Å². The summed E-state index contributed by atoms with van der Waals surface area (Å²) in [6.45, 7) is 2.18. The summed E-state index contributed by atoms with van der Waals surface area (Å²) in [4.78, 5) is 13.4. The molecular formula is C13H18ClN3O. The van der Waals surface area contributed by atoms with E-state index in [1.165, 1.54) is 6.42 Å². The van der Waals surface area contributed by atoms with E-state index < -0.39 is 5.91 Å². The number of hydrogen-bond donors (Lipinski definition) is 2. The topological polar surface area (TPSA) is 58.4 Å². The quantitative estimate of drug-likeness (QED) is 0.880. The highest BCUT2D eigenvalue weighted by atomic mass is 35.5. The van der Waals surface area contributed by atoms with E-state index in [1.54, 1.807) is 12.1 Å². The molecule has 1 heterocycles. The third kappa shape index (κ3) is 3.15. The highest BCUT2D eigenvalue weighted by Crippen LogP contribution is 2.22. The lowest BCUT2D eigenvalue weighted by Crippen LogP contribution is -2.39. The summed E-state index contributed by atoms with van der Waals surface area (Å²) in [5.41, 5.74) is 6.52. The third-order valence-corrected chi connectivity index (χ3v) is 3.54. The van der Waals surface area contributed by atoms with E-state index in [0.717, 1.165) is 25.2 Å². The van der Waals surface area contributed by atoms with Crippen molar-refractivity contribution < 1.29 is 4.79 Å². The number of anilines is 1. The molecule has 1 aromatic rings. The Kier molecular flexibility index (Phi) is 4.09. The van der Waals surface area contributed by atoms with Crippen molar-refractivity contribution in [2.45, 2.75) is 18.9 Å². The van der Waals surface area contributed by atoms with Gasteiger partial charge in [0.15, 0.2) is 0 Å². The molecule has 0 spiro atoms. The minimum Gasteiger partial charge on any atom is -0.381 e. The molecule has 4 nitrogen and oxygen atoms in total. The Balaban J connectivity index is 2.05. The fraction of sp³-hybridized carbons (Fsp3) is 0.462. The molecule has 1 atom stereocenters. The van der Waals surface area contributed by atoms with E-state index in [0.29, 0.717) is 16.6 Å². The van der Waals surface area contributed by atoms with Crippen LogP contribution in [-0.4, -0.2) is 37.0 Å². The molecule has 0 saturated carbocycles. The van der Waals surface area contributed by atoms with E-state index in [-0.39, 0.29) is 0 Å². The highest BCUT2D eigenvalue weighted by molar-refractivity contribution is 6.34. The van der Waals surface area contributed by atoms with E-state index in [4.69, 9.17) is 17.3 Å². The second-order valence-corrected chi connectivity index (χ2v) is 5.21. The molecule has 1 unspecified atom stereocenters. The lowest BCUT2D eigenvalue weighted by molar-refractivity contribution is 0.100. The first-order valence-electron chi connectivity index (χ1n) is 6.10. The normalized spacial score (nSPS) is 20.7.